The van der Waals surface area contributed by atoms with Gasteiger partial charge in [-0.05, 0) is 6.07 Å². The average molecular weight is 246 g/mol. The summed E-state index contributed by atoms with van der Waals surface area (Å²) in [5, 5.41) is 19.0. The number of aliphatic hydroxyl groups is 2. The fourth-order valence-electron chi connectivity index (χ4n) is 1.31. The first-order chi connectivity index (χ1) is 7.95. The Balaban J connectivity index is 2.81. The standard InChI is InChI=1S/C11H12F2O4/c1-17-10(15)5-9(14)11(16)7-3-2-6(12)4-8(7)13/h2-4,9,11,14,16H,5H2,1H3. The summed E-state index contributed by atoms with van der Waals surface area (Å²) in [7, 11) is 1.12. The lowest BCUT2D eigenvalue weighted by molar-refractivity contribution is -0.144. The zero-order chi connectivity index (χ0) is 13.0. The molecule has 2 atom stereocenters. The van der Waals surface area contributed by atoms with Crippen LogP contribution in [0.5, 0.6) is 0 Å². The van der Waals surface area contributed by atoms with Crippen LogP contribution in [0, 0.1) is 11.6 Å². The summed E-state index contributed by atoms with van der Waals surface area (Å²) in [6.45, 7) is 0. The van der Waals surface area contributed by atoms with Crippen molar-refractivity contribution >= 4 is 5.97 Å². The van der Waals surface area contributed by atoms with E-state index < -0.39 is 36.2 Å². The number of aliphatic hydroxyl groups excluding tert-OH is 2. The molecule has 0 saturated heterocycles. The van der Waals surface area contributed by atoms with Crippen LogP contribution in [0.3, 0.4) is 0 Å². The Morgan fingerprint density at radius 3 is 2.59 bits per heavy atom. The van der Waals surface area contributed by atoms with E-state index in [1.165, 1.54) is 0 Å². The molecule has 0 bridgehead atoms. The van der Waals surface area contributed by atoms with Gasteiger partial charge in [0.15, 0.2) is 0 Å². The molecule has 1 aromatic rings. The lowest BCUT2D eigenvalue weighted by Gasteiger charge is -2.17. The Kier molecular flexibility index (Phi) is 4.53. The van der Waals surface area contributed by atoms with Crippen LogP contribution in [0.1, 0.15) is 18.1 Å². The van der Waals surface area contributed by atoms with E-state index in [2.05, 4.69) is 4.74 Å². The van der Waals surface area contributed by atoms with Crippen molar-refractivity contribution in [3.05, 3.63) is 35.4 Å². The molecule has 0 amide bonds. The minimum atomic E-state index is -1.62. The molecule has 17 heavy (non-hydrogen) atoms. The van der Waals surface area contributed by atoms with Gasteiger partial charge in [0.25, 0.3) is 0 Å². The zero-order valence-corrected chi connectivity index (χ0v) is 9.06. The molecule has 0 radical (unpaired) electrons. The lowest BCUT2D eigenvalue weighted by Crippen LogP contribution is -2.23. The monoisotopic (exact) mass is 246 g/mol. The highest BCUT2D eigenvalue weighted by molar-refractivity contribution is 5.69. The third kappa shape index (κ3) is 3.47. The van der Waals surface area contributed by atoms with Gasteiger partial charge in [-0.15, -0.1) is 0 Å². The highest BCUT2D eigenvalue weighted by Crippen LogP contribution is 2.22. The van der Waals surface area contributed by atoms with Crippen LogP contribution in [-0.2, 0) is 9.53 Å². The minimum absolute atomic E-state index is 0.275. The first-order valence-electron chi connectivity index (χ1n) is 4.83. The molecule has 0 fully saturated rings. The Morgan fingerprint density at radius 2 is 2.06 bits per heavy atom. The molecule has 0 saturated carbocycles. The van der Waals surface area contributed by atoms with Crippen LogP contribution in [0.15, 0.2) is 18.2 Å². The molecule has 0 aliphatic rings. The smallest absolute Gasteiger partial charge is 0.308 e. The molecule has 0 heterocycles. The van der Waals surface area contributed by atoms with E-state index in [-0.39, 0.29) is 5.56 Å². The highest BCUT2D eigenvalue weighted by Gasteiger charge is 2.24. The maximum atomic E-state index is 13.3. The van der Waals surface area contributed by atoms with Crippen LogP contribution in [-0.4, -0.2) is 29.4 Å². The van der Waals surface area contributed by atoms with Crippen molar-refractivity contribution in [2.75, 3.05) is 7.11 Å². The summed E-state index contributed by atoms with van der Waals surface area (Å²) >= 11 is 0. The van der Waals surface area contributed by atoms with Gasteiger partial charge in [-0.25, -0.2) is 8.78 Å². The van der Waals surface area contributed by atoms with Gasteiger partial charge in [0, 0.05) is 11.6 Å². The SMILES string of the molecule is COC(=O)CC(O)C(O)c1ccc(F)cc1F. The Hall–Kier alpha value is -1.53. The fourth-order valence-corrected chi connectivity index (χ4v) is 1.31. The Labute approximate surface area is 96.5 Å². The highest BCUT2D eigenvalue weighted by atomic mass is 19.1. The number of benzene rings is 1. The molecular formula is C11H12F2O4. The largest absolute Gasteiger partial charge is 0.469 e. The van der Waals surface area contributed by atoms with Crippen molar-refractivity contribution in [3.8, 4) is 0 Å². The lowest BCUT2D eigenvalue weighted by atomic mass is 10.0. The average Bonchev–Trinajstić information content (AvgIpc) is 2.28. The number of hydrogen-bond acceptors (Lipinski definition) is 4. The number of carbonyl (C=O) groups excluding carboxylic acids is 1. The van der Waals surface area contributed by atoms with Crippen LogP contribution in [0.2, 0.25) is 0 Å². The van der Waals surface area contributed by atoms with Gasteiger partial charge in [0.2, 0.25) is 0 Å². The van der Waals surface area contributed by atoms with Gasteiger partial charge < -0.3 is 14.9 Å². The van der Waals surface area contributed by atoms with E-state index in [0.717, 1.165) is 19.2 Å². The summed E-state index contributed by atoms with van der Waals surface area (Å²) in [6.07, 6.45) is -3.61. The van der Waals surface area contributed by atoms with E-state index in [0.29, 0.717) is 6.07 Å². The predicted molar refractivity (Wildman–Crippen MR) is 54.0 cm³/mol. The molecule has 1 aromatic carbocycles. The molecule has 2 N–H and O–H groups in total. The van der Waals surface area contributed by atoms with Crippen molar-refractivity contribution in [3.63, 3.8) is 0 Å². The molecule has 94 valence electrons. The molecular weight excluding hydrogens is 234 g/mol. The summed E-state index contributed by atoms with van der Waals surface area (Å²) in [6, 6.07) is 2.55. The van der Waals surface area contributed by atoms with Crippen molar-refractivity contribution in [1.29, 1.82) is 0 Å². The van der Waals surface area contributed by atoms with Gasteiger partial charge in [-0.2, -0.15) is 0 Å². The third-order valence-electron chi connectivity index (χ3n) is 2.25. The summed E-state index contributed by atoms with van der Waals surface area (Å²) in [5.41, 5.74) is -0.275. The maximum Gasteiger partial charge on any atom is 0.308 e. The van der Waals surface area contributed by atoms with Gasteiger partial charge >= 0.3 is 5.97 Å². The minimum Gasteiger partial charge on any atom is -0.469 e. The second-order valence-electron chi connectivity index (χ2n) is 3.46. The molecule has 2 unspecified atom stereocenters. The van der Waals surface area contributed by atoms with E-state index in [1.54, 1.807) is 0 Å². The van der Waals surface area contributed by atoms with Crippen LogP contribution >= 0.6 is 0 Å². The van der Waals surface area contributed by atoms with Crippen LogP contribution in [0.25, 0.3) is 0 Å². The third-order valence-corrected chi connectivity index (χ3v) is 2.25. The molecule has 0 aromatic heterocycles. The van der Waals surface area contributed by atoms with E-state index >= 15 is 0 Å². The number of methoxy groups -OCH3 is 1. The molecule has 0 spiro atoms. The van der Waals surface area contributed by atoms with Gasteiger partial charge in [0.1, 0.15) is 17.7 Å². The number of halogens is 2. The Bertz CT molecular complexity index is 408. The number of rotatable bonds is 4. The normalized spacial score (nSPS) is 14.2. The first-order valence-corrected chi connectivity index (χ1v) is 4.83. The maximum absolute atomic E-state index is 13.3. The fraction of sp³-hybridized carbons (Fsp3) is 0.364. The topological polar surface area (TPSA) is 66.8 Å². The number of carbonyl (C=O) groups is 1. The van der Waals surface area contributed by atoms with Gasteiger partial charge in [-0.3, -0.25) is 4.79 Å². The van der Waals surface area contributed by atoms with Crippen LogP contribution in [0.4, 0.5) is 8.78 Å². The predicted octanol–water partition coefficient (Wildman–Crippen LogP) is 0.922. The zero-order valence-electron chi connectivity index (χ0n) is 9.06. The van der Waals surface area contributed by atoms with Gasteiger partial charge in [-0.1, -0.05) is 6.07 Å². The van der Waals surface area contributed by atoms with Crippen molar-refractivity contribution in [2.45, 2.75) is 18.6 Å². The first kappa shape index (κ1) is 13.5. The molecule has 1 rings (SSSR count). The van der Waals surface area contributed by atoms with E-state index in [1.807, 2.05) is 0 Å². The number of hydrogen-bond donors (Lipinski definition) is 2. The summed E-state index contributed by atoms with van der Waals surface area (Å²) < 4.78 is 30.2. The second kappa shape index (κ2) is 5.70. The van der Waals surface area contributed by atoms with Gasteiger partial charge in [0.05, 0.1) is 19.6 Å². The van der Waals surface area contributed by atoms with E-state index in [9.17, 15) is 23.8 Å². The number of esters is 1. The summed E-state index contributed by atoms with van der Waals surface area (Å²) in [5.74, 6) is -2.51. The Morgan fingerprint density at radius 1 is 1.41 bits per heavy atom. The van der Waals surface area contributed by atoms with Crippen molar-refractivity contribution in [2.24, 2.45) is 0 Å². The molecule has 0 aliphatic heterocycles. The quantitative estimate of drug-likeness (QED) is 0.775. The molecule has 4 nitrogen and oxygen atoms in total. The van der Waals surface area contributed by atoms with E-state index in [4.69, 9.17) is 0 Å². The van der Waals surface area contributed by atoms with Crippen molar-refractivity contribution in [1.82, 2.24) is 0 Å². The molecule has 0 aliphatic carbocycles. The van der Waals surface area contributed by atoms with Crippen LogP contribution < -0.4 is 0 Å². The summed E-state index contributed by atoms with van der Waals surface area (Å²) in [4.78, 5) is 10.8. The number of ether oxygens (including phenoxy) is 1. The molecule has 6 heteroatoms. The second-order valence-corrected chi connectivity index (χ2v) is 3.46. The van der Waals surface area contributed by atoms with Crippen molar-refractivity contribution < 1.29 is 28.5 Å².